The van der Waals surface area contributed by atoms with Crippen molar-refractivity contribution < 1.29 is 15.0 Å². The molecule has 72 valence electrons. The Labute approximate surface area is 80.4 Å². The number of carboxylic acids is 1. The van der Waals surface area contributed by atoms with Gasteiger partial charge in [-0.3, -0.25) is 0 Å². The predicted octanol–water partition coefficient (Wildman–Crippen LogP) is -0.0913. The molecular formula is C9H8N2O3. The van der Waals surface area contributed by atoms with Crippen molar-refractivity contribution in [2.75, 3.05) is 6.61 Å². The van der Waals surface area contributed by atoms with Gasteiger partial charge in [0, 0.05) is 18.8 Å². The monoisotopic (exact) mass is 192 g/mol. The minimum Gasteiger partial charge on any atom is -0.475 e. The average Bonchev–Trinajstić information content (AvgIpc) is 2.19. The summed E-state index contributed by atoms with van der Waals surface area (Å²) >= 11 is 0. The van der Waals surface area contributed by atoms with E-state index in [1.54, 1.807) is 0 Å². The molecule has 0 radical (unpaired) electrons. The first-order chi connectivity index (χ1) is 6.74. The molecule has 0 aliphatic heterocycles. The predicted molar refractivity (Wildman–Crippen MR) is 47.6 cm³/mol. The number of hydrogen-bond acceptors (Lipinski definition) is 4. The normalized spacial score (nSPS) is 8.93. The summed E-state index contributed by atoms with van der Waals surface area (Å²) in [7, 11) is 0. The molecule has 0 amide bonds. The molecule has 0 fully saturated rings. The molecule has 1 rings (SSSR count). The van der Waals surface area contributed by atoms with E-state index in [0.717, 1.165) is 0 Å². The van der Waals surface area contributed by atoms with Crippen LogP contribution < -0.4 is 0 Å². The third kappa shape index (κ3) is 2.84. The molecule has 5 nitrogen and oxygen atoms in total. The van der Waals surface area contributed by atoms with E-state index in [0.29, 0.717) is 12.0 Å². The summed E-state index contributed by atoms with van der Waals surface area (Å²) < 4.78 is 0. The minimum atomic E-state index is -1.17. The Morgan fingerprint density at radius 2 is 2.07 bits per heavy atom. The number of rotatable bonds is 2. The summed E-state index contributed by atoms with van der Waals surface area (Å²) in [6.45, 7) is 0.00106. The van der Waals surface area contributed by atoms with Gasteiger partial charge < -0.3 is 10.2 Å². The Balaban J connectivity index is 2.75. The number of aromatic nitrogens is 2. The zero-order valence-corrected chi connectivity index (χ0v) is 7.27. The van der Waals surface area contributed by atoms with Crippen LogP contribution in [0, 0.1) is 11.8 Å². The third-order valence-electron chi connectivity index (χ3n) is 1.31. The van der Waals surface area contributed by atoms with E-state index in [2.05, 4.69) is 21.8 Å². The van der Waals surface area contributed by atoms with Gasteiger partial charge in [0.05, 0.1) is 12.2 Å². The van der Waals surface area contributed by atoms with E-state index in [1.807, 2.05) is 0 Å². The van der Waals surface area contributed by atoms with Crippen molar-refractivity contribution in [2.45, 2.75) is 6.42 Å². The van der Waals surface area contributed by atoms with Crippen molar-refractivity contribution in [2.24, 2.45) is 0 Å². The van der Waals surface area contributed by atoms with E-state index in [9.17, 15) is 4.79 Å². The Kier molecular flexibility index (Phi) is 3.58. The van der Waals surface area contributed by atoms with Crippen LogP contribution in [0.1, 0.15) is 22.6 Å². The van der Waals surface area contributed by atoms with Crippen LogP contribution in [0.2, 0.25) is 0 Å². The topological polar surface area (TPSA) is 83.3 Å². The number of carboxylic acid groups (broad SMARTS) is 1. The Bertz CT molecular complexity index is 375. The average molecular weight is 192 g/mol. The Morgan fingerprint density at radius 3 is 2.57 bits per heavy atom. The minimum absolute atomic E-state index is 0.00106. The molecule has 2 N–H and O–H groups in total. The smallest absolute Gasteiger partial charge is 0.373 e. The highest BCUT2D eigenvalue weighted by Crippen LogP contribution is 1.93. The molecule has 14 heavy (non-hydrogen) atoms. The first-order valence-electron chi connectivity index (χ1n) is 3.89. The van der Waals surface area contributed by atoms with Gasteiger partial charge in [-0.2, -0.15) is 0 Å². The molecule has 0 bridgehead atoms. The van der Waals surface area contributed by atoms with Crippen LogP contribution in [0.5, 0.6) is 0 Å². The first kappa shape index (κ1) is 10.2. The maximum Gasteiger partial charge on any atom is 0.373 e. The van der Waals surface area contributed by atoms with E-state index in [-0.39, 0.29) is 12.4 Å². The molecular weight excluding hydrogens is 184 g/mol. The zero-order valence-electron chi connectivity index (χ0n) is 7.27. The fourth-order valence-corrected chi connectivity index (χ4v) is 0.723. The van der Waals surface area contributed by atoms with Crippen molar-refractivity contribution in [1.29, 1.82) is 0 Å². The number of aliphatic hydroxyl groups is 1. The van der Waals surface area contributed by atoms with Gasteiger partial charge in [0.15, 0.2) is 0 Å². The van der Waals surface area contributed by atoms with E-state index in [4.69, 9.17) is 10.2 Å². The van der Waals surface area contributed by atoms with Gasteiger partial charge >= 0.3 is 5.97 Å². The lowest BCUT2D eigenvalue weighted by Crippen LogP contribution is -2.03. The molecule has 0 aliphatic carbocycles. The molecule has 5 heteroatoms. The van der Waals surface area contributed by atoms with Crippen molar-refractivity contribution >= 4 is 5.97 Å². The molecule has 1 heterocycles. The maximum absolute atomic E-state index is 10.4. The number of aromatic carboxylic acids is 1. The first-order valence-corrected chi connectivity index (χ1v) is 3.89. The summed E-state index contributed by atoms with van der Waals surface area (Å²) in [6.07, 6.45) is 3.04. The lowest BCUT2D eigenvalue weighted by molar-refractivity contribution is 0.0683. The number of nitrogens with zero attached hydrogens (tertiary/aromatic N) is 2. The van der Waals surface area contributed by atoms with Gasteiger partial charge in [-0.1, -0.05) is 11.8 Å². The molecule has 0 saturated carbocycles. The Hall–Kier alpha value is -1.93. The summed E-state index contributed by atoms with van der Waals surface area (Å²) in [5.74, 6) is 3.94. The van der Waals surface area contributed by atoms with Crippen LogP contribution >= 0.6 is 0 Å². The van der Waals surface area contributed by atoms with Gasteiger partial charge in [0.1, 0.15) is 0 Å². The summed E-state index contributed by atoms with van der Waals surface area (Å²) in [5, 5.41) is 16.9. The number of carbonyl (C=O) groups is 1. The lowest BCUT2D eigenvalue weighted by Gasteiger charge is -1.91. The summed E-state index contributed by atoms with van der Waals surface area (Å²) in [4.78, 5) is 17.5. The quantitative estimate of drug-likeness (QED) is 0.640. The standard InChI is InChI=1S/C9H8N2O3/c12-4-2-1-3-7-5-10-8(9(13)14)11-6-7/h5-6,12H,2,4H2,(H,13,14). The van der Waals surface area contributed by atoms with Crippen molar-refractivity contribution in [3.05, 3.63) is 23.8 Å². The molecule has 1 aromatic rings. The van der Waals surface area contributed by atoms with Gasteiger partial charge in [-0.25, -0.2) is 14.8 Å². The lowest BCUT2D eigenvalue weighted by atomic mass is 10.3. The van der Waals surface area contributed by atoms with Crippen LogP contribution in [0.3, 0.4) is 0 Å². The second-order valence-electron chi connectivity index (χ2n) is 2.38. The van der Waals surface area contributed by atoms with Crippen molar-refractivity contribution in [1.82, 2.24) is 9.97 Å². The van der Waals surface area contributed by atoms with E-state index >= 15 is 0 Å². The highest BCUT2D eigenvalue weighted by Gasteiger charge is 2.03. The van der Waals surface area contributed by atoms with Crippen LogP contribution in [0.15, 0.2) is 12.4 Å². The Morgan fingerprint density at radius 1 is 1.43 bits per heavy atom. The second-order valence-corrected chi connectivity index (χ2v) is 2.38. The van der Waals surface area contributed by atoms with Gasteiger partial charge in [-0.05, 0) is 0 Å². The van der Waals surface area contributed by atoms with Crippen molar-refractivity contribution in [3.8, 4) is 11.8 Å². The van der Waals surface area contributed by atoms with Crippen LogP contribution in [-0.2, 0) is 0 Å². The van der Waals surface area contributed by atoms with Gasteiger partial charge in [0.2, 0.25) is 5.82 Å². The van der Waals surface area contributed by atoms with Gasteiger partial charge in [0.25, 0.3) is 0 Å². The molecule has 0 aliphatic rings. The zero-order chi connectivity index (χ0) is 10.4. The summed E-state index contributed by atoms with van der Waals surface area (Å²) in [6, 6.07) is 0. The highest BCUT2D eigenvalue weighted by molar-refractivity contribution is 5.82. The van der Waals surface area contributed by atoms with E-state index in [1.165, 1.54) is 12.4 Å². The van der Waals surface area contributed by atoms with E-state index < -0.39 is 5.97 Å². The highest BCUT2D eigenvalue weighted by atomic mass is 16.4. The molecule has 0 atom stereocenters. The van der Waals surface area contributed by atoms with Crippen molar-refractivity contribution in [3.63, 3.8) is 0 Å². The number of hydrogen-bond donors (Lipinski definition) is 2. The molecule has 1 aromatic heterocycles. The van der Waals surface area contributed by atoms with Crippen LogP contribution in [-0.4, -0.2) is 32.8 Å². The molecule has 0 unspecified atom stereocenters. The number of aliphatic hydroxyl groups excluding tert-OH is 1. The maximum atomic E-state index is 10.4. The fraction of sp³-hybridized carbons (Fsp3) is 0.222. The fourth-order valence-electron chi connectivity index (χ4n) is 0.723. The van der Waals surface area contributed by atoms with Crippen LogP contribution in [0.25, 0.3) is 0 Å². The molecule has 0 spiro atoms. The molecule has 0 aromatic carbocycles. The van der Waals surface area contributed by atoms with Gasteiger partial charge in [-0.15, -0.1) is 0 Å². The SMILES string of the molecule is O=C(O)c1ncc(C#CCCO)cn1. The third-order valence-corrected chi connectivity index (χ3v) is 1.31. The largest absolute Gasteiger partial charge is 0.475 e. The second kappa shape index (κ2) is 4.94. The van der Waals surface area contributed by atoms with Crippen LogP contribution in [0.4, 0.5) is 0 Å². The molecule has 0 saturated heterocycles. The summed E-state index contributed by atoms with van der Waals surface area (Å²) in [5.41, 5.74) is 0.531.